The van der Waals surface area contributed by atoms with Gasteiger partial charge in [0.25, 0.3) is 0 Å². The number of rotatable bonds is 4. The fourth-order valence-electron chi connectivity index (χ4n) is 1.51. The minimum absolute atomic E-state index is 0.152. The fourth-order valence-corrected chi connectivity index (χ4v) is 1.51. The highest BCUT2D eigenvalue weighted by molar-refractivity contribution is 4.65. The Hall–Kier alpha value is -0.330. The first-order valence-electron chi connectivity index (χ1n) is 5.15. The molecule has 0 bridgehead atoms. The summed E-state index contributed by atoms with van der Waals surface area (Å²) in [6.45, 7) is 3.30. The first kappa shape index (κ1) is 12.7. The minimum Gasteiger partial charge on any atom is -0.371 e. The predicted molar refractivity (Wildman–Crippen MR) is 50.8 cm³/mol. The molecule has 1 fully saturated rings. The molecule has 0 atom stereocenters. The van der Waals surface area contributed by atoms with E-state index in [1.54, 1.807) is 0 Å². The standard InChI is InChI=1S/C9H17F3N2O/c10-9(11,12)8-15-7-6-14-4-1-2-13-3-5-14/h13H,1-8H2. The zero-order valence-electron chi connectivity index (χ0n) is 8.65. The summed E-state index contributed by atoms with van der Waals surface area (Å²) < 4.78 is 39.8. The number of halogens is 3. The van der Waals surface area contributed by atoms with Gasteiger partial charge in [0, 0.05) is 19.6 Å². The third-order valence-corrected chi connectivity index (χ3v) is 2.25. The van der Waals surface area contributed by atoms with Gasteiger partial charge in [-0.3, -0.25) is 4.90 Å². The Labute approximate surface area is 87.6 Å². The smallest absolute Gasteiger partial charge is 0.371 e. The summed E-state index contributed by atoms with van der Waals surface area (Å²) in [4.78, 5) is 2.12. The topological polar surface area (TPSA) is 24.5 Å². The number of alkyl halides is 3. The number of nitrogens with zero attached hydrogens (tertiary/aromatic N) is 1. The summed E-state index contributed by atoms with van der Waals surface area (Å²) in [5.41, 5.74) is 0. The van der Waals surface area contributed by atoms with Crippen molar-refractivity contribution in [1.29, 1.82) is 0 Å². The van der Waals surface area contributed by atoms with Crippen molar-refractivity contribution in [3.8, 4) is 0 Å². The van der Waals surface area contributed by atoms with Crippen LogP contribution in [0.4, 0.5) is 13.2 Å². The van der Waals surface area contributed by atoms with Crippen LogP contribution < -0.4 is 5.32 Å². The molecule has 1 aliphatic rings. The molecule has 0 radical (unpaired) electrons. The molecule has 6 heteroatoms. The maximum absolute atomic E-state index is 11.7. The molecule has 0 aromatic rings. The van der Waals surface area contributed by atoms with E-state index >= 15 is 0 Å². The van der Waals surface area contributed by atoms with Gasteiger partial charge in [0.15, 0.2) is 0 Å². The van der Waals surface area contributed by atoms with Crippen LogP contribution >= 0.6 is 0 Å². The second-order valence-electron chi connectivity index (χ2n) is 3.61. The molecule has 0 aromatic heterocycles. The maximum Gasteiger partial charge on any atom is 0.411 e. The Morgan fingerprint density at radius 2 is 2.00 bits per heavy atom. The number of hydrogen-bond acceptors (Lipinski definition) is 3. The monoisotopic (exact) mass is 226 g/mol. The Morgan fingerprint density at radius 1 is 1.20 bits per heavy atom. The number of ether oxygens (including phenoxy) is 1. The maximum atomic E-state index is 11.7. The molecule has 0 amide bonds. The highest BCUT2D eigenvalue weighted by Crippen LogP contribution is 2.14. The Bertz CT molecular complexity index is 167. The van der Waals surface area contributed by atoms with E-state index in [1.807, 2.05) is 0 Å². The van der Waals surface area contributed by atoms with Crippen LogP contribution in [-0.2, 0) is 4.74 Å². The van der Waals surface area contributed by atoms with E-state index in [1.165, 1.54) is 0 Å². The lowest BCUT2D eigenvalue weighted by molar-refractivity contribution is -0.174. The van der Waals surface area contributed by atoms with Crippen molar-refractivity contribution in [2.45, 2.75) is 12.6 Å². The van der Waals surface area contributed by atoms with Crippen molar-refractivity contribution in [3.63, 3.8) is 0 Å². The molecule has 0 spiro atoms. The van der Waals surface area contributed by atoms with E-state index in [4.69, 9.17) is 0 Å². The molecule has 0 saturated carbocycles. The Morgan fingerprint density at radius 3 is 2.73 bits per heavy atom. The van der Waals surface area contributed by atoms with Gasteiger partial charge in [-0.05, 0) is 19.5 Å². The van der Waals surface area contributed by atoms with Crippen LogP contribution in [0.15, 0.2) is 0 Å². The summed E-state index contributed by atoms with van der Waals surface area (Å²) in [6, 6.07) is 0. The van der Waals surface area contributed by atoms with Crippen molar-refractivity contribution in [2.75, 3.05) is 45.9 Å². The summed E-state index contributed by atoms with van der Waals surface area (Å²) in [5.74, 6) is 0. The molecule has 1 N–H and O–H groups in total. The summed E-state index contributed by atoms with van der Waals surface area (Å²) >= 11 is 0. The van der Waals surface area contributed by atoms with Crippen LogP contribution in [0.2, 0.25) is 0 Å². The van der Waals surface area contributed by atoms with Crippen LogP contribution in [-0.4, -0.2) is 57.0 Å². The summed E-state index contributed by atoms with van der Waals surface area (Å²) in [6.07, 6.45) is -3.17. The molecule has 90 valence electrons. The molecule has 1 rings (SSSR count). The van der Waals surface area contributed by atoms with E-state index in [0.29, 0.717) is 6.54 Å². The van der Waals surface area contributed by atoms with Crippen molar-refractivity contribution >= 4 is 0 Å². The van der Waals surface area contributed by atoms with E-state index < -0.39 is 12.8 Å². The van der Waals surface area contributed by atoms with E-state index in [0.717, 1.165) is 32.6 Å². The van der Waals surface area contributed by atoms with Gasteiger partial charge in [-0.25, -0.2) is 0 Å². The second-order valence-corrected chi connectivity index (χ2v) is 3.61. The van der Waals surface area contributed by atoms with E-state index in [2.05, 4.69) is 15.0 Å². The molecular formula is C9H17F3N2O. The average molecular weight is 226 g/mol. The molecule has 0 unspecified atom stereocenters. The first-order valence-corrected chi connectivity index (χ1v) is 5.15. The van der Waals surface area contributed by atoms with Gasteiger partial charge in [-0.15, -0.1) is 0 Å². The molecule has 1 aliphatic heterocycles. The highest BCUT2D eigenvalue weighted by atomic mass is 19.4. The first-order chi connectivity index (χ1) is 7.08. The van der Waals surface area contributed by atoms with Crippen LogP contribution in [0.5, 0.6) is 0 Å². The van der Waals surface area contributed by atoms with Crippen molar-refractivity contribution in [3.05, 3.63) is 0 Å². The van der Waals surface area contributed by atoms with Gasteiger partial charge in [-0.2, -0.15) is 13.2 Å². The highest BCUT2D eigenvalue weighted by Gasteiger charge is 2.27. The third-order valence-electron chi connectivity index (χ3n) is 2.25. The molecule has 1 saturated heterocycles. The van der Waals surface area contributed by atoms with Crippen LogP contribution in [0.3, 0.4) is 0 Å². The van der Waals surface area contributed by atoms with Gasteiger partial charge in [0.05, 0.1) is 6.61 Å². The van der Waals surface area contributed by atoms with Gasteiger partial charge >= 0.3 is 6.18 Å². The van der Waals surface area contributed by atoms with Gasteiger partial charge in [-0.1, -0.05) is 0 Å². The lowest BCUT2D eigenvalue weighted by atomic mass is 10.4. The average Bonchev–Trinajstić information content (AvgIpc) is 2.39. The predicted octanol–water partition coefficient (Wildman–Crippen LogP) is 0.861. The lowest BCUT2D eigenvalue weighted by Gasteiger charge is -2.19. The lowest BCUT2D eigenvalue weighted by Crippen LogP contribution is -2.32. The molecular weight excluding hydrogens is 209 g/mol. The quantitative estimate of drug-likeness (QED) is 0.720. The van der Waals surface area contributed by atoms with E-state index in [-0.39, 0.29) is 6.61 Å². The molecule has 0 aliphatic carbocycles. The van der Waals surface area contributed by atoms with E-state index in [9.17, 15) is 13.2 Å². The molecule has 0 aromatic carbocycles. The van der Waals surface area contributed by atoms with Crippen LogP contribution in [0.1, 0.15) is 6.42 Å². The van der Waals surface area contributed by atoms with Gasteiger partial charge in [0.1, 0.15) is 6.61 Å². The Balaban J connectivity index is 2.03. The second kappa shape index (κ2) is 6.30. The molecule has 1 heterocycles. The van der Waals surface area contributed by atoms with Crippen LogP contribution in [0.25, 0.3) is 0 Å². The third kappa shape index (κ3) is 6.70. The van der Waals surface area contributed by atoms with Crippen molar-refractivity contribution in [1.82, 2.24) is 10.2 Å². The van der Waals surface area contributed by atoms with Crippen LogP contribution in [0, 0.1) is 0 Å². The minimum atomic E-state index is -4.21. The van der Waals surface area contributed by atoms with Gasteiger partial charge < -0.3 is 10.1 Å². The Kier molecular flexibility index (Phi) is 5.35. The fraction of sp³-hybridized carbons (Fsp3) is 1.00. The SMILES string of the molecule is FC(F)(F)COCCN1CCCNCC1. The summed E-state index contributed by atoms with van der Waals surface area (Å²) in [5, 5.41) is 3.23. The number of hydrogen-bond donors (Lipinski definition) is 1. The van der Waals surface area contributed by atoms with Crippen molar-refractivity contribution in [2.24, 2.45) is 0 Å². The molecule has 3 nitrogen and oxygen atoms in total. The largest absolute Gasteiger partial charge is 0.411 e. The molecule has 15 heavy (non-hydrogen) atoms. The van der Waals surface area contributed by atoms with Crippen molar-refractivity contribution < 1.29 is 17.9 Å². The zero-order chi connectivity index (χ0) is 11.1. The zero-order valence-corrected chi connectivity index (χ0v) is 8.65. The normalized spacial score (nSPS) is 20.2. The van der Waals surface area contributed by atoms with Gasteiger partial charge in [0.2, 0.25) is 0 Å². The number of nitrogens with one attached hydrogen (secondary N) is 1. The summed E-state index contributed by atoms with van der Waals surface area (Å²) in [7, 11) is 0.